The minimum absolute atomic E-state index is 0.363. The zero-order chi connectivity index (χ0) is 8.81. The van der Waals surface area contributed by atoms with Crippen molar-refractivity contribution in [1.29, 1.82) is 0 Å². The molecule has 7 nitrogen and oxygen atoms in total. The van der Waals surface area contributed by atoms with Gasteiger partial charge < -0.3 is 11.7 Å². The molecule has 0 bridgehead atoms. The molecule has 0 aromatic carbocycles. The molecular formula is C5H7N7. The van der Waals surface area contributed by atoms with E-state index in [-0.39, 0.29) is 0 Å². The Bertz CT molecular complexity index is 277. The van der Waals surface area contributed by atoms with Crippen LogP contribution in [0.3, 0.4) is 0 Å². The van der Waals surface area contributed by atoms with Crippen LogP contribution in [-0.4, -0.2) is 4.98 Å². The van der Waals surface area contributed by atoms with Gasteiger partial charge in [-0.05, 0) is 6.07 Å². The summed E-state index contributed by atoms with van der Waals surface area (Å²) < 4.78 is 0. The van der Waals surface area contributed by atoms with Crippen molar-refractivity contribution in [3.05, 3.63) is 18.3 Å². The molecule has 0 fully saturated rings. The van der Waals surface area contributed by atoms with Gasteiger partial charge >= 0.3 is 0 Å². The summed E-state index contributed by atoms with van der Waals surface area (Å²) in [4.78, 5) is 3.83. The van der Waals surface area contributed by atoms with E-state index in [1.54, 1.807) is 12.1 Å². The third-order valence-corrected chi connectivity index (χ3v) is 1.06. The molecule has 0 unspecified atom stereocenters. The van der Waals surface area contributed by atoms with Crippen LogP contribution in [0, 0.1) is 0 Å². The maximum absolute atomic E-state index is 4.84. The lowest BCUT2D eigenvalue weighted by molar-refractivity contribution is 1.02. The molecule has 1 rings (SSSR count). The molecule has 4 N–H and O–H groups in total. The molecule has 12 heavy (non-hydrogen) atoms. The standard InChI is InChI=1S/C5H7N7/c6-11-9-4-1-2-8-5(3-4)10-12-7/h1-3H,(H4,6,7,8,9,10). The van der Waals surface area contributed by atoms with Gasteiger partial charge in [-0.1, -0.05) is 10.4 Å². The Morgan fingerprint density at radius 1 is 1.17 bits per heavy atom. The highest BCUT2D eigenvalue weighted by atomic mass is 15.3. The van der Waals surface area contributed by atoms with Crippen molar-refractivity contribution in [3.63, 3.8) is 0 Å². The Kier molecular flexibility index (Phi) is 2.66. The lowest BCUT2D eigenvalue weighted by Gasteiger charge is -1.90. The maximum Gasteiger partial charge on any atom is 0.178 e. The highest BCUT2D eigenvalue weighted by Crippen LogP contribution is 2.16. The van der Waals surface area contributed by atoms with Crippen LogP contribution in [0.5, 0.6) is 0 Å². The van der Waals surface area contributed by atoms with Gasteiger partial charge in [0.1, 0.15) is 0 Å². The van der Waals surface area contributed by atoms with Gasteiger partial charge in [0.25, 0.3) is 0 Å². The molecule has 0 atom stereocenters. The molecular weight excluding hydrogens is 158 g/mol. The first-order chi connectivity index (χ1) is 5.86. The fourth-order valence-corrected chi connectivity index (χ4v) is 0.650. The highest BCUT2D eigenvalue weighted by molar-refractivity contribution is 5.43. The molecule has 0 aliphatic heterocycles. The summed E-state index contributed by atoms with van der Waals surface area (Å²) in [5.74, 6) is 10.0. The number of nitrogens with two attached hydrogens (primary N) is 2. The van der Waals surface area contributed by atoms with Crippen LogP contribution < -0.4 is 11.7 Å². The van der Waals surface area contributed by atoms with Gasteiger partial charge in [-0.2, -0.15) is 0 Å². The van der Waals surface area contributed by atoms with E-state index in [1.165, 1.54) is 6.20 Å². The summed E-state index contributed by atoms with van der Waals surface area (Å²) >= 11 is 0. The summed E-state index contributed by atoms with van der Waals surface area (Å²) in [7, 11) is 0. The number of hydrogen-bond acceptors (Lipinski definition) is 5. The largest absolute Gasteiger partial charge is 0.305 e. The van der Waals surface area contributed by atoms with Gasteiger partial charge in [0, 0.05) is 12.3 Å². The Balaban J connectivity index is 2.95. The van der Waals surface area contributed by atoms with E-state index in [4.69, 9.17) is 11.7 Å². The van der Waals surface area contributed by atoms with Gasteiger partial charge in [-0.3, -0.25) is 0 Å². The lowest BCUT2D eigenvalue weighted by atomic mass is 10.4. The predicted molar refractivity (Wildman–Crippen MR) is 41.6 cm³/mol. The number of aromatic nitrogens is 1. The lowest BCUT2D eigenvalue weighted by Crippen LogP contribution is -1.77. The average molecular weight is 165 g/mol. The average Bonchev–Trinajstić information content (AvgIpc) is 2.06. The van der Waals surface area contributed by atoms with Crippen molar-refractivity contribution >= 4 is 11.5 Å². The molecule has 1 aromatic heterocycles. The van der Waals surface area contributed by atoms with Crippen molar-refractivity contribution in [3.8, 4) is 0 Å². The van der Waals surface area contributed by atoms with Crippen LogP contribution in [0.1, 0.15) is 0 Å². The fourth-order valence-electron chi connectivity index (χ4n) is 0.650. The molecule has 62 valence electrons. The Morgan fingerprint density at radius 2 is 1.92 bits per heavy atom. The topological polar surface area (TPSA) is 114 Å². The van der Waals surface area contributed by atoms with Crippen LogP contribution in [0.15, 0.2) is 39.0 Å². The van der Waals surface area contributed by atoms with Crippen LogP contribution >= 0.6 is 0 Å². The molecule has 0 aliphatic rings. The Hall–Kier alpha value is -2.05. The maximum atomic E-state index is 4.84. The summed E-state index contributed by atoms with van der Waals surface area (Å²) in [6, 6.07) is 3.18. The van der Waals surface area contributed by atoms with Gasteiger partial charge in [0.15, 0.2) is 5.82 Å². The second-order valence-corrected chi connectivity index (χ2v) is 1.80. The summed E-state index contributed by atoms with van der Waals surface area (Å²) in [6.07, 6.45) is 1.51. The van der Waals surface area contributed by atoms with E-state index in [2.05, 4.69) is 25.7 Å². The zero-order valence-corrected chi connectivity index (χ0v) is 6.12. The van der Waals surface area contributed by atoms with E-state index >= 15 is 0 Å². The number of nitrogens with zero attached hydrogens (tertiary/aromatic N) is 5. The zero-order valence-electron chi connectivity index (χ0n) is 6.12. The first-order valence-electron chi connectivity index (χ1n) is 3.04. The minimum atomic E-state index is 0.363. The second-order valence-electron chi connectivity index (χ2n) is 1.80. The van der Waals surface area contributed by atoms with E-state index in [9.17, 15) is 0 Å². The molecule has 0 aliphatic carbocycles. The summed E-state index contributed by atoms with van der Waals surface area (Å²) in [5.41, 5.74) is 0.551. The molecule has 0 saturated heterocycles. The number of hydrogen-bond donors (Lipinski definition) is 2. The van der Waals surface area contributed by atoms with Crippen LogP contribution in [-0.2, 0) is 0 Å². The second kappa shape index (κ2) is 3.96. The number of pyridine rings is 1. The van der Waals surface area contributed by atoms with Gasteiger partial charge in [0.2, 0.25) is 0 Å². The van der Waals surface area contributed by atoms with Crippen molar-refractivity contribution < 1.29 is 0 Å². The van der Waals surface area contributed by atoms with Gasteiger partial charge in [-0.15, -0.1) is 10.2 Å². The van der Waals surface area contributed by atoms with Crippen molar-refractivity contribution in [2.75, 3.05) is 0 Å². The van der Waals surface area contributed by atoms with Crippen molar-refractivity contribution in [2.24, 2.45) is 32.4 Å². The Morgan fingerprint density at radius 3 is 2.58 bits per heavy atom. The SMILES string of the molecule is N/N=N/c1ccnc(/N=N/N)c1. The fraction of sp³-hybridized carbons (Fsp3) is 0. The van der Waals surface area contributed by atoms with Crippen LogP contribution in [0.4, 0.5) is 11.5 Å². The van der Waals surface area contributed by atoms with E-state index < -0.39 is 0 Å². The molecule has 0 saturated carbocycles. The quantitative estimate of drug-likeness (QED) is 0.386. The highest BCUT2D eigenvalue weighted by Gasteiger charge is 1.92. The summed E-state index contributed by atoms with van der Waals surface area (Å²) in [6.45, 7) is 0. The molecule has 0 amide bonds. The predicted octanol–water partition coefficient (Wildman–Crippen LogP) is 0.996. The first kappa shape index (κ1) is 8.05. The van der Waals surface area contributed by atoms with E-state index in [0.717, 1.165) is 0 Å². The molecule has 0 spiro atoms. The molecule has 7 heteroatoms. The van der Waals surface area contributed by atoms with Crippen molar-refractivity contribution in [2.45, 2.75) is 0 Å². The third-order valence-electron chi connectivity index (χ3n) is 1.06. The van der Waals surface area contributed by atoms with Gasteiger partial charge in [-0.25, -0.2) is 4.98 Å². The molecule has 1 heterocycles. The number of rotatable bonds is 2. The van der Waals surface area contributed by atoms with Crippen LogP contribution in [0.2, 0.25) is 0 Å². The van der Waals surface area contributed by atoms with Crippen molar-refractivity contribution in [1.82, 2.24) is 4.98 Å². The first-order valence-corrected chi connectivity index (χ1v) is 3.04. The third kappa shape index (κ3) is 1.97. The monoisotopic (exact) mass is 165 g/mol. The van der Waals surface area contributed by atoms with E-state index in [0.29, 0.717) is 11.5 Å². The minimum Gasteiger partial charge on any atom is -0.305 e. The molecule has 0 radical (unpaired) electrons. The van der Waals surface area contributed by atoms with Gasteiger partial charge in [0.05, 0.1) is 5.69 Å². The molecule has 1 aromatic rings. The Labute approximate surface area is 68.2 Å². The normalized spacial score (nSPS) is 11.3. The summed E-state index contributed by atoms with van der Waals surface area (Å²) in [5, 5.41) is 13.2. The van der Waals surface area contributed by atoms with Crippen LogP contribution in [0.25, 0.3) is 0 Å². The van der Waals surface area contributed by atoms with E-state index in [1.807, 2.05) is 0 Å². The smallest absolute Gasteiger partial charge is 0.178 e.